The van der Waals surface area contributed by atoms with Crippen LogP contribution in [0.3, 0.4) is 0 Å². The number of carbonyl (C=O) groups is 1. The maximum atomic E-state index is 12.3. The third-order valence-corrected chi connectivity index (χ3v) is 5.45. The number of benzene rings is 1. The number of hydrogen-bond donors (Lipinski definition) is 1. The van der Waals surface area contributed by atoms with E-state index >= 15 is 0 Å². The predicted octanol–water partition coefficient (Wildman–Crippen LogP) is 4.44. The number of halogens is 3. The van der Waals surface area contributed by atoms with Gasteiger partial charge in [0.25, 0.3) is 0 Å². The zero-order valence-electron chi connectivity index (χ0n) is 15.1. The first-order valence-electron chi connectivity index (χ1n) is 8.38. The van der Waals surface area contributed by atoms with Gasteiger partial charge in [-0.1, -0.05) is 29.3 Å². The van der Waals surface area contributed by atoms with Crippen LogP contribution >= 0.6 is 39.1 Å². The van der Waals surface area contributed by atoms with Gasteiger partial charge in [-0.05, 0) is 40.5 Å². The molecule has 0 aliphatic carbocycles. The summed E-state index contributed by atoms with van der Waals surface area (Å²) in [6, 6.07) is 5.30. The Balaban J connectivity index is 1.61. The van der Waals surface area contributed by atoms with Gasteiger partial charge in [0.15, 0.2) is 5.82 Å². The summed E-state index contributed by atoms with van der Waals surface area (Å²) in [5.41, 5.74) is 1.23. The summed E-state index contributed by atoms with van der Waals surface area (Å²) >= 11 is 15.3. The number of hydrogen-bond acceptors (Lipinski definition) is 5. The highest BCUT2D eigenvalue weighted by Crippen LogP contribution is 2.25. The van der Waals surface area contributed by atoms with Crippen molar-refractivity contribution < 1.29 is 9.72 Å². The van der Waals surface area contributed by atoms with Gasteiger partial charge in [-0.15, -0.1) is 0 Å². The molecule has 0 aliphatic heterocycles. The Bertz CT molecular complexity index is 1080. The Morgan fingerprint density at radius 1 is 1.34 bits per heavy atom. The van der Waals surface area contributed by atoms with E-state index in [-0.39, 0.29) is 24.6 Å². The van der Waals surface area contributed by atoms with E-state index in [0.717, 1.165) is 5.56 Å². The molecule has 0 unspecified atom stereocenters. The van der Waals surface area contributed by atoms with Gasteiger partial charge in [-0.25, -0.2) is 0 Å². The maximum absolute atomic E-state index is 12.3. The topological polar surface area (TPSA) is 108 Å². The number of anilines is 1. The number of nitrogens with zero attached hydrogens (tertiary/aromatic N) is 5. The number of aryl methyl sites for hydroxylation is 1. The van der Waals surface area contributed by atoms with Crippen LogP contribution < -0.4 is 5.32 Å². The Morgan fingerprint density at radius 2 is 2.10 bits per heavy atom. The molecular formula is C17H15BrCl2N6O3. The molecule has 0 spiro atoms. The van der Waals surface area contributed by atoms with Crippen LogP contribution in [0, 0.1) is 17.0 Å². The third kappa shape index (κ3) is 5.14. The van der Waals surface area contributed by atoms with Gasteiger partial charge in [-0.2, -0.15) is 10.2 Å². The molecule has 1 amide bonds. The molecule has 152 valence electrons. The molecule has 0 saturated carbocycles. The molecule has 2 aromatic heterocycles. The van der Waals surface area contributed by atoms with E-state index in [1.54, 1.807) is 29.9 Å². The van der Waals surface area contributed by atoms with Gasteiger partial charge in [0, 0.05) is 12.6 Å². The standard InChI is InChI=1S/C17H15BrCl2N6O3/c1-10-15(26(28)29)7-21-25(10)5-4-16(27)22-17-12(18)9-24(23-17)8-11-2-3-13(19)14(20)6-11/h2-3,6-7,9H,4-5,8H2,1H3,(H,22,23,27). The molecule has 3 aromatic rings. The number of carbonyl (C=O) groups excluding carboxylic acids is 1. The van der Waals surface area contributed by atoms with Gasteiger partial charge in [0.05, 0.1) is 32.5 Å². The lowest BCUT2D eigenvalue weighted by atomic mass is 10.2. The fraction of sp³-hybridized carbons (Fsp3) is 0.235. The molecule has 29 heavy (non-hydrogen) atoms. The van der Waals surface area contributed by atoms with Crippen molar-refractivity contribution in [3.05, 3.63) is 66.5 Å². The van der Waals surface area contributed by atoms with Crippen molar-refractivity contribution in [2.45, 2.75) is 26.4 Å². The molecule has 1 aromatic carbocycles. The van der Waals surface area contributed by atoms with Crippen LogP contribution in [0.2, 0.25) is 10.0 Å². The van der Waals surface area contributed by atoms with Crippen LogP contribution in [-0.4, -0.2) is 30.4 Å². The van der Waals surface area contributed by atoms with Crippen molar-refractivity contribution in [2.75, 3.05) is 5.32 Å². The van der Waals surface area contributed by atoms with E-state index in [2.05, 4.69) is 31.4 Å². The quantitative estimate of drug-likeness (QED) is 0.380. The summed E-state index contributed by atoms with van der Waals surface area (Å²) in [4.78, 5) is 22.6. The highest BCUT2D eigenvalue weighted by molar-refractivity contribution is 9.10. The van der Waals surface area contributed by atoms with Crippen molar-refractivity contribution in [3.8, 4) is 0 Å². The van der Waals surface area contributed by atoms with Gasteiger partial charge < -0.3 is 5.32 Å². The lowest BCUT2D eigenvalue weighted by Gasteiger charge is -2.05. The average molecular weight is 502 g/mol. The normalized spacial score (nSPS) is 10.9. The highest BCUT2D eigenvalue weighted by Gasteiger charge is 2.17. The average Bonchev–Trinajstić information content (AvgIpc) is 3.19. The lowest BCUT2D eigenvalue weighted by molar-refractivity contribution is -0.385. The summed E-state index contributed by atoms with van der Waals surface area (Å²) in [5.74, 6) is 0.0845. The van der Waals surface area contributed by atoms with E-state index < -0.39 is 4.92 Å². The second-order valence-corrected chi connectivity index (χ2v) is 7.83. The van der Waals surface area contributed by atoms with Crippen molar-refractivity contribution in [1.82, 2.24) is 19.6 Å². The fourth-order valence-electron chi connectivity index (χ4n) is 2.63. The predicted molar refractivity (Wildman–Crippen MR) is 112 cm³/mol. The van der Waals surface area contributed by atoms with E-state index in [1.165, 1.54) is 10.9 Å². The van der Waals surface area contributed by atoms with Gasteiger partial charge in [0.1, 0.15) is 11.9 Å². The summed E-state index contributed by atoms with van der Waals surface area (Å²) in [6.45, 7) is 2.25. The van der Waals surface area contributed by atoms with E-state index in [9.17, 15) is 14.9 Å². The first-order chi connectivity index (χ1) is 13.7. The molecule has 2 heterocycles. The van der Waals surface area contributed by atoms with Crippen LogP contribution in [-0.2, 0) is 17.9 Å². The zero-order valence-corrected chi connectivity index (χ0v) is 18.2. The van der Waals surface area contributed by atoms with Gasteiger partial charge in [-0.3, -0.25) is 24.3 Å². The van der Waals surface area contributed by atoms with Crippen molar-refractivity contribution in [3.63, 3.8) is 0 Å². The monoisotopic (exact) mass is 500 g/mol. The SMILES string of the molecule is Cc1c([N+](=O)[O-])cnn1CCC(=O)Nc1nn(Cc2ccc(Cl)c(Cl)c2)cc1Br. The molecule has 0 aliphatic rings. The van der Waals surface area contributed by atoms with Crippen LogP contribution in [0.4, 0.5) is 11.5 Å². The molecule has 0 atom stereocenters. The minimum Gasteiger partial charge on any atom is -0.308 e. The first-order valence-corrected chi connectivity index (χ1v) is 9.93. The molecule has 9 nitrogen and oxygen atoms in total. The Labute approximate surface area is 183 Å². The van der Waals surface area contributed by atoms with Crippen LogP contribution in [0.1, 0.15) is 17.7 Å². The number of rotatable bonds is 7. The molecular weight excluding hydrogens is 487 g/mol. The second-order valence-electron chi connectivity index (χ2n) is 6.17. The minimum absolute atomic E-state index is 0.0748. The molecule has 1 N–H and O–H groups in total. The smallest absolute Gasteiger partial charge is 0.308 e. The molecule has 12 heteroatoms. The summed E-state index contributed by atoms with van der Waals surface area (Å²) in [6.07, 6.45) is 3.00. The van der Waals surface area contributed by atoms with Crippen molar-refractivity contribution in [2.24, 2.45) is 0 Å². The fourth-order valence-corrected chi connectivity index (χ4v) is 3.37. The second kappa shape index (κ2) is 8.93. The molecule has 0 saturated heterocycles. The zero-order chi connectivity index (χ0) is 21.1. The van der Waals surface area contributed by atoms with E-state index in [0.29, 0.717) is 32.6 Å². The van der Waals surface area contributed by atoms with Gasteiger partial charge >= 0.3 is 5.69 Å². The summed E-state index contributed by atoms with van der Waals surface area (Å²) in [7, 11) is 0. The largest absolute Gasteiger partial charge is 0.309 e. The van der Waals surface area contributed by atoms with Crippen molar-refractivity contribution >= 4 is 56.5 Å². The number of nitrogens with one attached hydrogen (secondary N) is 1. The van der Waals surface area contributed by atoms with Gasteiger partial charge in [0.2, 0.25) is 5.91 Å². The Morgan fingerprint density at radius 3 is 2.76 bits per heavy atom. The Kier molecular flexibility index (Phi) is 6.56. The van der Waals surface area contributed by atoms with E-state index in [1.807, 2.05) is 6.07 Å². The maximum Gasteiger partial charge on any atom is 0.309 e. The summed E-state index contributed by atoms with van der Waals surface area (Å²) < 4.78 is 3.70. The molecule has 0 radical (unpaired) electrons. The molecule has 0 bridgehead atoms. The number of amides is 1. The third-order valence-electron chi connectivity index (χ3n) is 4.13. The van der Waals surface area contributed by atoms with Crippen molar-refractivity contribution in [1.29, 1.82) is 0 Å². The number of aromatic nitrogens is 4. The summed E-state index contributed by atoms with van der Waals surface area (Å²) in [5, 5.41) is 22.8. The molecule has 3 rings (SSSR count). The minimum atomic E-state index is -0.503. The molecule has 0 fully saturated rings. The van der Waals surface area contributed by atoms with Crippen LogP contribution in [0.25, 0.3) is 0 Å². The highest BCUT2D eigenvalue weighted by atomic mass is 79.9. The first kappa shape index (κ1) is 21.3. The Hall–Kier alpha value is -2.43. The van der Waals surface area contributed by atoms with E-state index in [4.69, 9.17) is 23.2 Å². The van der Waals surface area contributed by atoms with Crippen LogP contribution in [0.5, 0.6) is 0 Å². The number of nitro groups is 1. The van der Waals surface area contributed by atoms with Crippen LogP contribution in [0.15, 0.2) is 35.1 Å². The lowest BCUT2D eigenvalue weighted by Crippen LogP contribution is -2.16.